The van der Waals surface area contributed by atoms with E-state index in [0.29, 0.717) is 6.42 Å². The van der Waals surface area contributed by atoms with Crippen molar-refractivity contribution in [2.75, 3.05) is 13.2 Å². The fourth-order valence-electron chi connectivity index (χ4n) is 2.37. The van der Waals surface area contributed by atoms with Crippen LogP contribution in [0.4, 0.5) is 0 Å². The summed E-state index contributed by atoms with van der Waals surface area (Å²) in [5, 5.41) is 2.52. The molecule has 0 spiro atoms. The summed E-state index contributed by atoms with van der Waals surface area (Å²) >= 11 is 0. The van der Waals surface area contributed by atoms with Crippen molar-refractivity contribution in [2.45, 2.75) is 84.0 Å². The topological polar surface area (TPSA) is 95.5 Å². The highest BCUT2D eigenvalue weighted by molar-refractivity contribution is 7.80. The molecule has 0 aliphatic heterocycles. The highest BCUT2D eigenvalue weighted by atomic mass is 32.3. The molecule has 0 aliphatic carbocycles. The standard InChI is InChI=1S/C16H33NO5S/c1-2-3-4-5-6-7-8-9-10-11-12-13-16(18)17-14-15-22-23(19,20)21/h2-15H2,1H3,(H,17,18)(H,19,20,21)/p-1. The minimum Gasteiger partial charge on any atom is -0.726 e. The van der Waals surface area contributed by atoms with E-state index in [0.717, 1.165) is 19.3 Å². The van der Waals surface area contributed by atoms with Crippen molar-refractivity contribution < 1.29 is 21.9 Å². The number of nitrogens with one attached hydrogen (secondary N) is 1. The lowest BCUT2D eigenvalue weighted by Crippen LogP contribution is -2.27. The molecule has 0 radical (unpaired) electrons. The Morgan fingerprint density at radius 1 is 0.913 bits per heavy atom. The second-order valence-electron chi connectivity index (χ2n) is 5.87. The first kappa shape index (κ1) is 22.3. The van der Waals surface area contributed by atoms with E-state index in [4.69, 9.17) is 0 Å². The highest BCUT2D eigenvalue weighted by Crippen LogP contribution is 2.11. The third-order valence-electron chi connectivity index (χ3n) is 3.66. The minimum absolute atomic E-state index is 0.0400. The Balaban J connectivity index is 3.23. The van der Waals surface area contributed by atoms with Crippen LogP contribution in [0.5, 0.6) is 0 Å². The molecule has 138 valence electrons. The van der Waals surface area contributed by atoms with Crippen LogP contribution in [0.15, 0.2) is 0 Å². The fraction of sp³-hybridized carbons (Fsp3) is 0.938. The van der Waals surface area contributed by atoms with E-state index in [-0.39, 0.29) is 19.1 Å². The van der Waals surface area contributed by atoms with Crippen LogP contribution >= 0.6 is 0 Å². The number of rotatable bonds is 16. The Morgan fingerprint density at radius 3 is 1.87 bits per heavy atom. The predicted molar refractivity (Wildman–Crippen MR) is 89.7 cm³/mol. The van der Waals surface area contributed by atoms with Gasteiger partial charge in [0.05, 0.1) is 6.61 Å². The summed E-state index contributed by atoms with van der Waals surface area (Å²) in [6, 6.07) is 0. The van der Waals surface area contributed by atoms with Gasteiger partial charge < -0.3 is 9.87 Å². The van der Waals surface area contributed by atoms with E-state index in [1.165, 1.54) is 51.4 Å². The number of carbonyl (C=O) groups excluding carboxylic acids is 1. The van der Waals surface area contributed by atoms with Gasteiger partial charge in [0.2, 0.25) is 16.3 Å². The largest absolute Gasteiger partial charge is 0.726 e. The van der Waals surface area contributed by atoms with Crippen molar-refractivity contribution in [1.29, 1.82) is 0 Å². The van der Waals surface area contributed by atoms with Gasteiger partial charge in [-0.3, -0.25) is 8.98 Å². The van der Waals surface area contributed by atoms with Gasteiger partial charge in [-0.2, -0.15) is 0 Å². The molecule has 7 heteroatoms. The zero-order chi connectivity index (χ0) is 17.4. The first-order valence-electron chi connectivity index (χ1n) is 8.82. The van der Waals surface area contributed by atoms with Crippen LogP contribution in [-0.2, 0) is 19.4 Å². The SMILES string of the molecule is CCCCCCCCCCCCCC(=O)NCCOS(=O)(=O)[O-]. The number of amides is 1. The van der Waals surface area contributed by atoms with Crippen LogP contribution in [0.3, 0.4) is 0 Å². The van der Waals surface area contributed by atoms with E-state index < -0.39 is 10.4 Å². The lowest BCUT2D eigenvalue weighted by molar-refractivity contribution is -0.121. The lowest BCUT2D eigenvalue weighted by atomic mass is 10.1. The normalized spacial score (nSPS) is 11.6. The molecular weight excluding hydrogens is 318 g/mol. The number of carbonyl (C=O) groups is 1. The summed E-state index contributed by atoms with van der Waals surface area (Å²) in [5.74, 6) is -0.132. The first-order chi connectivity index (χ1) is 11.0. The average molecular weight is 351 g/mol. The molecule has 23 heavy (non-hydrogen) atoms. The molecule has 1 N–H and O–H groups in total. The van der Waals surface area contributed by atoms with Gasteiger partial charge in [0.1, 0.15) is 0 Å². The van der Waals surface area contributed by atoms with Crippen molar-refractivity contribution in [1.82, 2.24) is 5.32 Å². The van der Waals surface area contributed by atoms with Crippen LogP contribution in [0, 0.1) is 0 Å². The van der Waals surface area contributed by atoms with Crippen molar-refractivity contribution in [3.63, 3.8) is 0 Å². The Morgan fingerprint density at radius 2 is 1.39 bits per heavy atom. The zero-order valence-electron chi connectivity index (χ0n) is 14.3. The van der Waals surface area contributed by atoms with Gasteiger partial charge in [-0.25, -0.2) is 8.42 Å². The second kappa shape index (κ2) is 14.9. The highest BCUT2D eigenvalue weighted by Gasteiger charge is 2.01. The third-order valence-corrected chi connectivity index (χ3v) is 4.11. The molecular formula is C16H32NO5S-. The van der Waals surface area contributed by atoms with Crippen LogP contribution in [0.2, 0.25) is 0 Å². The Kier molecular flexibility index (Phi) is 14.5. The summed E-state index contributed by atoms with van der Waals surface area (Å²) in [5.41, 5.74) is 0. The van der Waals surface area contributed by atoms with Gasteiger partial charge >= 0.3 is 0 Å². The summed E-state index contributed by atoms with van der Waals surface area (Å²) in [6.07, 6.45) is 14.0. The van der Waals surface area contributed by atoms with Crippen molar-refractivity contribution >= 4 is 16.3 Å². The van der Waals surface area contributed by atoms with E-state index >= 15 is 0 Å². The van der Waals surface area contributed by atoms with E-state index in [2.05, 4.69) is 16.4 Å². The molecule has 0 aromatic heterocycles. The van der Waals surface area contributed by atoms with E-state index in [9.17, 15) is 17.8 Å². The molecule has 0 bridgehead atoms. The van der Waals surface area contributed by atoms with Crippen LogP contribution in [0.25, 0.3) is 0 Å². The molecule has 0 aromatic rings. The summed E-state index contributed by atoms with van der Waals surface area (Å²) in [4.78, 5) is 11.4. The quantitative estimate of drug-likeness (QED) is 0.262. The van der Waals surface area contributed by atoms with Crippen molar-refractivity contribution in [2.24, 2.45) is 0 Å². The monoisotopic (exact) mass is 350 g/mol. The first-order valence-corrected chi connectivity index (χ1v) is 10.2. The Bertz CT molecular complexity index is 384. The molecule has 0 saturated heterocycles. The molecule has 0 heterocycles. The van der Waals surface area contributed by atoms with Crippen LogP contribution in [0.1, 0.15) is 84.0 Å². The van der Waals surface area contributed by atoms with E-state index in [1.807, 2.05) is 0 Å². The molecule has 0 unspecified atom stereocenters. The minimum atomic E-state index is -4.66. The Hall–Kier alpha value is -0.660. The van der Waals surface area contributed by atoms with Gasteiger partial charge in [0, 0.05) is 13.0 Å². The summed E-state index contributed by atoms with van der Waals surface area (Å²) in [7, 11) is -4.66. The van der Waals surface area contributed by atoms with Crippen molar-refractivity contribution in [3.05, 3.63) is 0 Å². The molecule has 0 rings (SSSR count). The molecule has 6 nitrogen and oxygen atoms in total. The molecule has 0 fully saturated rings. The fourth-order valence-corrected chi connectivity index (χ4v) is 2.66. The number of hydrogen-bond donors (Lipinski definition) is 1. The van der Waals surface area contributed by atoms with Gasteiger partial charge in [-0.1, -0.05) is 71.1 Å². The van der Waals surface area contributed by atoms with Crippen LogP contribution in [-0.4, -0.2) is 32.0 Å². The Labute approximate surface area is 141 Å². The van der Waals surface area contributed by atoms with Crippen LogP contribution < -0.4 is 5.32 Å². The van der Waals surface area contributed by atoms with Crippen molar-refractivity contribution in [3.8, 4) is 0 Å². The molecule has 0 atom stereocenters. The molecule has 0 aromatic carbocycles. The second-order valence-corrected chi connectivity index (χ2v) is 6.92. The smallest absolute Gasteiger partial charge is 0.220 e. The zero-order valence-corrected chi connectivity index (χ0v) is 15.2. The maximum atomic E-state index is 11.4. The summed E-state index contributed by atoms with van der Waals surface area (Å²) in [6.45, 7) is 1.96. The molecule has 0 aliphatic rings. The third kappa shape index (κ3) is 19.3. The van der Waals surface area contributed by atoms with Gasteiger partial charge in [0.25, 0.3) is 0 Å². The predicted octanol–water partition coefficient (Wildman–Crippen LogP) is 3.28. The van der Waals surface area contributed by atoms with E-state index in [1.54, 1.807) is 0 Å². The maximum absolute atomic E-state index is 11.4. The number of unbranched alkanes of at least 4 members (excludes halogenated alkanes) is 10. The van der Waals surface area contributed by atoms with Gasteiger partial charge in [-0.05, 0) is 6.42 Å². The van der Waals surface area contributed by atoms with Gasteiger partial charge in [-0.15, -0.1) is 0 Å². The summed E-state index contributed by atoms with van der Waals surface area (Å²) < 4.78 is 34.5. The lowest BCUT2D eigenvalue weighted by Gasteiger charge is -2.08. The number of hydrogen-bond acceptors (Lipinski definition) is 5. The average Bonchev–Trinajstić information content (AvgIpc) is 2.48. The molecule has 1 amide bonds. The maximum Gasteiger partial charge on any atom is 0.220 e. The van der Waals surface area contributed by atoms with Gasteiger partial charge in [0.15, 0.2) is 0 Å². The molecule has 0 saturated carbocycles.